The van der Waals surface area contributed by atoms with Crippen molar-refractivity contribution in [3.63, 3.8) is 0 Å². The van der Waals surface area contributed by atoms with Crippen molar-refractivity contribution in [3.8, 4) is 0 Å². The molecule has 2 aliphatic heterocycles. The first-order valence-electron chi connectivity index (χ1n) is 17.3. The smallest absolute Gasteiger partial charge is 0.333 e. The number of rotatable bonds is 6. The first kappa shape index (κ1) is 34.2. The molecule has 0 bridgehead atoms. The Morgan fingerprint density at radius 1 is 0.979 bits per heavy atom. The summed E-state index contributed by atoms with van der Waals surface area (Å²) in [6.07, 6.45) is 2.34. The molecule has 0 aromatic carbocycles. The summed E-state index contributed by atoms with van der Waals surface area (Å²) in [7, 11) is 0. The minimum absolute atomic E-state index is 0.0530. The third-order valence-corrected chi connectivity index (χ3v) is 13.4. The minimum atomic E-state index is -0.834. The fraction of sp³-hybridized carbons (Fsp3) is 0.784. The van der Waals surface area contributed by atoms with Crippen LogP contribution in [0.15, 0.2) is 23.3 Å². The zero-order chi connectivity index (χ0) is 34.4. The van der Waals surface area contributed by atoms with E-state index in [-0.39, 0.29) is 48.6 Å². The van der Waals surface area contributed by atoms with Crippen LogP contribution in [0.4, 0.5) is 0 Å². The Hall–Kier alpha value is -2.72. The van der Waals surface area contributed by atoms with E-state index in [1.54, 1.807) is 6.92 Å². The number of hydrogen-bond donors (Lipinski definition) is 1. The fourth-order valence-electron chi connectivity index (χ4n) is 11.6. The monoisotopic (exact) mass is 656 g/mol. The lowest BCUT2D eigenvalue weighted by molar-refractivity contribution is -0.274. The first-order valence-corrected chi connectivity index (χ1v) is 17.3. The van der Waals surface area contributed by atoms with E-state index in [2.05, 4.69) is 26.8 Å². The molecule has 0 aromatic heterocycles. The molecule has 0 radical (unpaired) electrons. The number of carbonyl (C=O) groups is 4. The molecule has 5 fully saturated rings. The van der Waals surface area contributed by atoms with Gasteiger partial charge in [0.15, 0.2) is 0 Å². The number of cyclic esters (lactones) is 1. The van der Waals surface area contributed by atoms with Gasteiger partial charge in [-0.15, -0.1) is 0 Å². The highest BCUT2D eigenvalue weighted by atomic mass is 16.6. The Morgan fingerprint density at radius 2 is 1.64 bits per heavy atom. The molecule has 0 spiro atoms. The number of aliphatic hydroxyl groups excluding tert-OH is 1. The zero-order valence-electron chi connectivity index (χ0n) is 29.3. The molecule has 3 saturated carbocycles. The van der Waals surface area contributed by atoms with Gasteiger partial charge in [-0.3, -0.25) is 14.4 Å². The molecule has 2 saturated heterocycles. The van der Waals surface area contributed by atoms with Gasteiger partial charge in [-0.05, 0) is 37.5 Å². The predicted molar refractivity (Wildman–Crippen MR) is 169 cm³/mol. The molecule has 47 heavy (non-hydrogen) atoms. The van der Waals surface area contributed by atoms with Crippen LogP contribution in [0.5, 0.6) is 0 Å². The number of hydrogen-bond acceptors (Lipinski definition) is 10. The van der Waals surface area contributed by atoms with E-state index in [9.17, 15) is 24.3 Å². The maximum Gasteiger partial charge on any atom is 0.333 e. The Kier molecular flexibility index (Phi) is 8.30. The van der Waals surface area contributed by atoms with Gasteiger partial charge in [0, 0.05) is 59.3 Å². The van der Waals surface area contributed by atoms with Crippen LogP contribution in [-0.4, -0.2) is 72.7 Å². The molecule has 6 aliphatic rings. The van der Waals surface area contributed by atoms with Gasteiger partial charge in [-0.25, -0.2) is 4.79 Å². The highest BCUT2D eigenvalue weighted by Crippen LogP contribution is 2.76. The van der Waals surface area contributed by atoms with Gasteiger partial charge in [0.25, 0.3) is 0 Å². The standard InChI is InChI=1S/C37H52O10/c1-18(2)12-19(3)33(42)47-32-30-31-34(6,17-44-30)26(40)15-28(46-21(5)39)37(31,9)25-14-27(45-20(4)38)35(7)23(22-13-29(41)43-16-22)10-11-24(35)36(25,32)8/h11-12,18,22-23,25-28,30-32,40H,10,13-17H2,1-9H3. The number of aliphatic hydroxyl groups is 1. The van der Waals surface area contributed by atoms with Crippen molar-refractivity contribution >= 4 is 23.9 Å². The van der Waals surface area contributed by atoms with E-state index in [1.165, 1.54) is 13.8 Å². The van der Waals surface area contributed by atoms with Crippen LogP contribution in [0, 0.1) is 51.2 Å². The molecule has 2 heterocycles. The van der Waals surface area contributed by atoms with Crippen LogP contribution < -0.4 is 0 Å². The lowest BCUT2D eigenvalue weighted by atomic mass is 9.35. The lowest BCUT2D eigenvalue weighted by Crippen LogP contribution is -2.74. The molecule has 10 nitrogen and oxygen atoms in total. The molecule has 0 amide bonds. The number of allylic oxidation sites excluding steroid dienone is 2. The Bertz CT molecular complexity index is 1420. The third kappa shape index (κ3) is 4.85. The minimum Gasteiger partial charge on any atom is -0.465 e. The molecular weight excluding hydrogens is 604 g/mol. The van der Waals surface area contributed by atoms with E-state index in [0.29, 0.717) is 31.4 Å². The molecule has 0 aromatic rings. The molecule has 6 rings (SSSR count). The Labute approximate surface area is 277 Å². The summed E-state index contributed by atoms with van der Waals surface area (Å²) in [5.74, 6) is -2.10. The molecular formula is C37H52O10. The number of carbonyl (C=O) groups excluding carboxylic acids is 4. The molecule has 1 N–H and O–H groups in total. The second-order valence-corrected chi connectivity index (χ2v) is 16.5. The van der Waals surface area contributed by atoms with Crippen molar-refractivity contribution in [3.05, 3.63) is 23.3 Å². The summed E-state index contributed by atoms with van der Waals surface area (Å²) in [6.45, 7) is 17.6. The molecule has 13 atom stereocenters. The maximum atomic E-state index is 13.9. The molecule has 13 unspecified atom stereocenters. The van der Waals surface area contributed by atoms with E-state index in [0.717, 1.165) is 5.57 Å². The van der Waals surface area contributed by atoms with Crippen molar-refractivity contribution < 1.29 is 48.0 Å². The van der Waals surface area contributed by atoms with Crippen LogP contribution in [0.2, 0.25) is 0 Å². The summed E-state index contributed by atoms with van der Waals surface area (Å²) in [6, 6.07) is 0. The molecule has 260 valence electrons. The van der Waals surface area contributed by atoms with Crippen LogP contribution in [0.25, 0.3) is 0 Å². The number of fused-ring (bicyclic) bond motifs is 4. The van der Waals surface area contributed by atoms with Crippen LogP contribution >= 0.6 is 0 Å². The van der Waals surface area contributed by atoms with Crippen LogP contribution in [0.1, 0.15) is 88.0 Å². The van der Waals surface area contributed by atoms with E-state index in [1.807, 2.05) is 26.8 Å². The van der Waals surface area contributed by atoms with Crippen molar-refractivity contribution in [1.82, 2.24) is 0 Å². The highest BCUT2D eigenvalue weighted by molar-refractivity contribution is 5.88. The Morgan fingerprint density at radius 3 is 2.23 bits per heavy atom. The second kappa shape index (κ2) is 11.4. The van der Waals surface area contributed by atoms with Gasteiger partial charge in [0.05, 0.1) is 31.8 Å². The van der Waals surface area contributed by atoms with Gasteiger partial charge in [0.1, 0.15) is 18.3 Å². The van der Waals surface area contributed by atoms with Gasteiger partial charge < -0.3 is 28.8 Å². The topological polar surface area (TPSA) is 135 Å². The second-order valence-electron chi connectivity index (χ2n) is 16.5. The van der Waals surface area contributed by atoms with Crippen molar-refractivity contribution in [2.24, 2.45) is 51.2 Å². The lowest BCUT2D eigenvalue weighted by Gasteiger charge is -2.70. The fourth-order valence-corrected chi connectivity index (χ4v) is 11.6. The van der Waals surface area contributed by atoms with Gasteiger partial charge in [0.2, 0.25) is 0 Å². The van der Waals surface area contributed by atoms with Crippen molar-refractivity contribution in [2.75, 3.05) is 13.2 Å². The predicted octanol–water partition coefficient (Wildman–Crippen LogP) is 4.71. The van der Waals surface area contributed by atoms with E-state index in [4.69, 9.17) is 23.7 Å². The third-order valence-electron chi connectivity index (χ3n) is 13.4. The number of ether oxygens (including phenoxy) is 5. The summed E-state index contributed by atoms with van der Waals surface area (Å²) in [4.78, 5) is 51.7. The first-order chi connectivity index (χ1) is 21.9. The molecule has 10 heteroatoms. The Balaban J connectivity index is 1.56. The summed E-state index contributed by atoms with van der Waals surface area (Å²) < 4.78 is 31.2. The number of esters is 4. The SMILES string of the molecule is CC(=O)OC1CC2C(C)(C3=CCC(C4COC(=O)C4)C31C)C(OC(=O)C(C)=CC(C)C)C1OCC3(C)C(O)CC(OC(C)=O)C2(C)C13. The quantitative estimate of drug-likeness (QED) is 0.185. The average molecular weight is 657 g/mol. The van der Waals surface area contributed by atoms with Gasteiger partial charge >= 0.3 is 23.9 Å². The van der Waals surface area contributed by atoms with Crippen molar-refractivity contribution in [1.29, 1.82) is 0 Å². The average Bonchev–Trinajstić information content (AvgIpc) is 3.66. The highest BCUT2D eigenvalue weighted by Gasteiger charge is 2.79. The maximum absolute atomic E-state index is 13.9. The van der Waals surface area contributed by atoms with E-state index >= 15 is 0 Å². The zero-order valence-corrected chi connectivity index (χ0v) is 29.3. The van der Waals surface area contributed by atoms with Crippen LogP contribution in [0.3, 0.4) is 0 Å². The van der Waals surface area contributed by atoms with Gasteiger partial charge in [-0.2, -0.15) is 0 Å². The van der Waals surface area contributed by atoms with Crippen molar-refractivity contribution in [2.45, 2.75) is 119 Å². The summed E-state index contributed by atoms with van der Waals surface area (Å²) >= 11 is 0. The summed E-state index contributed by atoms with van der Waals surface area (Å²) in [5, 5.41) is 11.6. The van der Waals surface area contributed by atoms with Crippen LogP contribution in [-0.2, 0) is 42.9 Å². The van der Waals surface area contributed by atoms with Gasteiger partial charge in [-0.1, -0.05) is 59.3 Å². The largest absolute Gasteiger partial charge is 0.465 e. The van der Waals surface area contributed by atoms with E-state index < -0.39 is 70.1 Å². The summed E-state index contributed by atoms with van der Waals surface area (Å²) in [5.41, 5.74) is -1.45. The normalized spacial score (nSPS) is 47.0. The molecule has 4 aliphatic carbocycles.